The predicted molar refractivity (Wildman–Crippen MR) is 83.3 cm³/mol. The molecular weight excluding hydrogens is 268 g/mol. The third-order valence-electron chi connectivity index (χ3n) is 4.59. The first-order valence-corrected chi connectivity index (χ1v) is 8.28. The van der Waals surface area contributed by atoms with Crippen LogP contribution in [0, 0.1) is 0 Å². The predicted octanol–water partition coefficient (Wildman–Crippen LogP) is 0.692. The second-order valence-corrected chi connectivity index (χ2v) is 7.44. The molecule has 0 amide bonds. The molecule has 2 saturated heterocycles. The number of hydrogen-bond acceptors (Lipinski definition) is 5. The summed E-state index contributed by atoms with van der Waals surface area (Å²) in [6.45, 7) is 12.0. The average molecular weight is 300 g/mol. The van der Waals surface area contributed by atoms with Crippen molar-refractivity contribution < 1.29 is 14.9 Å². The van der Waals surface area contributed by atoms with E-state index in [9.17, 15) is 10.2 Å². The standard InChI is InChI=1S/C16H32N2O3/c1-12-8-17(9-13(2)21-12)10-14(19)11-18-7-5-6-15(18)16(3,4)20/h12-15,19-20H,5-11H2,1-4H3. The zero-order chi connectivity index (χ0) is 15.6. The van der Waals surface area contributed by atoms with Gasteiger partial charge in [-0.25, -0.2) is 0 Å². The molecular formula is C16H32N2O3. The molecule has 2 aliphatic rings. The number of rotatable bonds is 5. The van der Waals surface area contributed by atoms with Gasteiger partial charge in [0.1, 0.15) is 0 Å². The molecule has 2 heterocycles. The highest BCUT2D eigenvalue weighted by Crippen LogP contribution is 2.26. The maximum absolute atomic E-state index is 10.4. The average Bonchev–Trinajstić information content (AvgIpc) is 2.74. The van der Waals surface area contributed by atoms with Gasteiger partial charge >= 0.3 is 0 Å². The van der Waals surface area contributed by atoms with E-state index >= 15 is 0 Å². The molecule has 21 heavy (non-hydrogen) atoms. The molecule has 0 aliphatic carbocycles. The van der Waals surface area contributed by atoms with Gasteiger partial charge in [-0.3, -0.25) is 9.80 Å². The minimum Gasteiger partial charge on any atom is -0.390 e. The van der Waals surface area contributed by atoms with E-state index in [1.807, 2.05) is 13.8 Å². The lowest BCUT2D eigenvalue weighted by atomic mass is 9.96. The summed E-state index contributed by atoms with van der Waals surface area (Å²) in [6, 6.07) is 0.162. The number of morpholine rings is 1. The lowest BCUT2D eigenvalue weighted by molar-refractivity contribution is -0.0801. The van der Waals surface area contributed by atoms with Gasteiger partial charge in [-0.2, -0.15) is 0 Å². The maximum Gasteiger partial charge on any atom is 0.0793 e. The van der Waals surface area contributed by atoms with E-state index in [1.165, 1.54) is 0 Å². The van der Waals surface area contributed by atoms with Crippen molar-refractivity contribution in [1.29, 1.82) is 0 Å². The van der Waals surface area contributed by atoms with Gasteiger partial charge in [0.05, 0.1) is 23.9 Å². The number of aliphatic hydroxyl groups is 2. The molecule has 2 N–H and O–H groups in total. The maximum atomic E-state index is 10.4. The molecule has 0 saturated carbocycles. The van der Waals surface area contributed by atoms with Gasteiger partial charge in [-0.15, -0.1) is 0 Å². The first kappa shape index (κ1) is 17.2. The number of β-amino-alcohol motifs (C(OH)–C–C–N with tert-alkyl or cyclic N) is 1. The molecule has 5 heteroatoms. The molecule has 4 unspecified atom stereocenters. The van der Waals surface area contributed by atoms with Crippen molar-refractivity contribution in [1.82, 2.24) is 9.80 Å². The van der Waals surface area contributed by atoms with Crippen LogP contribution >= 0.6 is 0 Å². The Balaban J connectivity index is 1.82. The van der Waals surface area contributed by atoms with Crippen LogP contribution in [-0.2, 0) is 4.74 Å². The lowest BCUT2D eigenvalue weighted by Crippen LogP contribution is -2.52. The highest BCUT2D eigenvalue weighted by molar-refractivity contribution is 4.92. The van der Waals surface area contributed by atoms with E-state index in [2.05, 4.69) is 23.6 Å². The van der Waals surface area contributed by atoms with Gasteiger partial charge in [0.25, 0.3) is 0 Å². The monoisotopic (exact) mass is 300 g/mol. The Hall–Kier alpha value is -0.200. The van der Waals surface area contributed by atoms with Gasteiger partial charge < -0.3 is 14.9 Å². The van der Waals surface area contributed by atoms with Gasteiger partial charge in [-0.05, 0) is 47.1 Å². The van der Waals surface area contributed by atoms with Crippen molar-refractivity contribution >= 4 is 0 Å². The summed E-state index contributed by atoms with van der Waals surface area (Å²) in [5.74, 6) is 0. The van der Waals surface area contributed by atoms with E-state index in [0.29, 0.717) is 13.1 Å². The van der Waals surface area contributed by atoms with Crippen LogP contribution in [-0.4, -0.2) is 82.7 Å². The number of aliphatic hydroxyl groups excluding tert-OH is 1. The fourth-order valence-corrected chi connectivity index (χ4v) is 3.90. The molecule has 2 rings (SSSR count). The van der Waals surface area contributed by atoms with Crippen molar-refractivity contribution in [2.24, 2.45) is 0 Å². The Morgan fingerprint density at radius 1 is 1.19 bits per heavy atom. The SMILES string of the molecule is CC1CN(CC(O)CN2CCCC2C(C)(C)O)CC(C)O1. The Bertz CT molecular complexity index is 322. The Morgan fingerprint density at radius 2 is 1.81 bits per heavy atom. The minimum absolute atomic E-state index is 0.162. The normalized spacial score (nSPS) is 34.3. The van der Waals surface area contributed by atoms with Crippen LogP contribution < -0.4 is 0 Å². The summed E-state index contributed by atoms with van der Waals surface area (Å²) in [5.41, 5.74) is -0.696. The fraction of sp³-hybridized carbons (Fsp3) is 1.00. The zero-order valence-electron chi connectivity index (χ0n) is 14.0. The zero-order valence-corrected chi connectivity index (χ0v) is 14.0. The fourth-order valence-electron chi connectivity index (χ4n) is 3.90. The van der Waals surface area contributed by atoms with E-state index in [4.69, 9.17) is 4.74 Å². The molecule has 0 aromatic carbocycles. The molecule has 2 fully saturated rings. The molecule has 5 nitrogen and oxygen atoms in total. The molecule has 2 aliphatic heterocycles. The number of ether oxygens (including phenoxy) is 1. The Labute approximate surface area is 128 Å². The molecule has 0 aromatic heterocycles. The second-order valence-electron chi connectivity index (χ2n) is 7.44. The van der Waals surface area contributed by atoms with E-state index < -0.39 is 5.60 Å². The third kappa shape index (κ3) is 4.89. The lowest BCUT2D eigenvalue weighted by Gasteiger charge is -2.38. The van der Waals surface area contributed by atoms with Crippen LogP contribution in [0.15, 0.2) is 0 Å². The summed E-state index contributed by atoms with van der Waals surface area (Å²) in [7, 11) is 0. The number of likely N-dealkylation sites (tertiary alicyclic amines) is 1. The van der Waals surface area contributed by atoms with Crippen LogP contribution in [0.3, 0.4) is 0 Å². The third-order valence-corrected chi connectivity index (χ3v) is 4.59. The Morgan fingerprint density at radius 3 is 2.38 bits per heavy atom. The highest BCUT2D eigenvalue weighted by atomic mass is 16.5. The van der Waals surface area contributed by atoms with Crippen LogP contribution in [0.1, 0.15) is 40.5 Å². The Kier molecular flexibility index (Phi) is 5.65. The molecule has 0 bridgehead atoms. The van der Waals surface area contributed by atoms with E-state index in [-0.39, 0.29) is 24.4 Å². The molecule has 0 spiro atoms. The molecule has 4 atom stereocenters. The quantitative estimate of drug-likeness (QED) is 0.782. The first-order valence-electron chi connectivity index (χ1n) is 8.28. The largest absolute Gasteiger partial charge is 0.390 e. The van der Waals surface area contributed by atoms with Crippen molar-refractivity contribution in [2.45, 2.75) is 70.5 Å². The van der Waals surface area contributed by atoms with Crippen molar-refractivity contribution in [3.63, 3.8) is 0 Å². The molecule has 124 valence electrons. The van der Waals surface area contributed by atoms with Gasteiger partial charge in [0.2, 0.25) is 0 Å². The molecule has 0 radical (unpaired) electrons. The second kappa shape index (κ2) is 6.92. The number of hydrogen-bond donors (Lipinski definition) is 2. The summed E-state index contributed by atoms with van der Waals surface area (Å²) in [4.78, 5) is 4.54. The smallest absolute Gasteiger partial charge is 0.0793 e. The minimum atomic E-state index is -0.696. The summed E-state index contributed by atoms with van der Waals surface area (Å²) in [5, 5.41) is 20.7. The van der Waals surface area contributed by atoms with Crippen molar-refractivity contribution in [3.8, 4) is 0 Å². The first-order chi connectivity index (χ1) is 9.75. The summed E-state index contributed by atoms with van der Waals surface area (Å²) in [6.07, 6.45) is 2.22. The van der Waals surface area contributed by atoms with Crippen LogP contribution in [0.4, 0.5) is 0 Å². The highest BCUT2D eigenvalue weighted by Gasteiger charge is 2.36. The number of nitrogens with zero attached hydrogens (tertiary/aromatic N) is 2. The summed E-state index contributed by atoms with van der Waals surface area (Å²) < 4.78 is 5.73. The van der Waals surface area contributed by atoms with Crippen molar-refractivity contribution in [3.05, 3.63) is 0 Å². The summed E-state index contributed by atoms with van der Waals surface area (Å²) >= 11 is 0. The van der Waals surface area contributed by atoms with Crippen LogP contribution in [0.25, 0.3) is 0 Å². The van der Waals surface area contributed by atoms with Crippen molar-refractivity contribution in [2.75, 3.05) is 32.7 Å². The van der Waals surface area contributed by atoms with Crippen LogP contribution in [0.2, 0.25) is 0 Å². The van der Waals surface area contributed by atoms with E-state index in [1.54, 1.807) is 0 Å². The van der Waals surface area contributed by atoms with Crippen LogP contribution in [0.5, 0.6) is 0 Å². The molecule has 0 aromatic rings. The van der Waals surface area contributed by atoms with E-state index in [0.717, 1.165) is 32.5 Å². The van der Waals surface area contributed by atoms with Gasteiger partial charge in [0, 0.05) is 32.2 Å². The van der Waals surface area contributed by atoms with Gasteiger partial charge in [-0.1, -0.05) is 0 Å². The topological polar surface area (TPSA) is 56.2 Å². The van der Waals surface area contributed by atoms with Gasteiger partial charge in [0.15, 0.2) is 0 Å².